The lowest BCUT2D eigenvalue weighted by Gasteiger charge is -2.18. The van der Waals surface area contributed by atoms with Crippen LogP contribution in [0.1, 0.15) is 12.5 Å². The molecule has 0 aliphatic carbocycles. The Hall–Kier alpha value is -7.55. The van der Waals surface area contributed by atoms with Gasteiger partial charge in [-0.2, -0.15) is 0 Å². The molecule has 2 nitrogen and oxygen atoms in total. The van der Waals surface area contributed by atoms with Crippen LogP contribution < -0.4 is 0 Å². The molecule has 0 spiro atoms. The smallest absolute Gasteiger partial charge is 0.142 e. The van der Waals surface area contributed by atoms with Gasteiger partial charge in [0.1, 0.15) is 5.82 Å². The molecule has 11 aromatic carbocycles. The summed E-state index contributed by atoms with van der Waals surface area (Å²) in [6.45, 7) is 5.29. The summed E-state index contributed by atoms with van der Waals surface area (Å²) in [5.74, 6) is 1.02. The van der Waals surface area contributed by atoms with E-state index in [4.69, 9.17) is 4.98 Å². The van der Waals surface area contributed by atoms with Crippen LogP contribution in [0.5, 0.6) is 0 Å². The van der Waals surface area contributed by atoms with E-state index >= 15 is 0 Å². The molecule has 12 rings (SSSR count). The zero-order valence-electron chi connectivity index (χ0n) is 33.6. The largest absolute Gasteiger partial charge is 0.324 e. The summed E-state index contributed by atoms with van der Waals surface area (Å²) in [5, 5.41) is 15.2. The summed E-state index contributed by atoms with van der Waals surface area (Å²) in [4.78, 5) is 5.25. The monoisotopic (exact) mass is 764 g/mol. The van der Waals surface area contributed by atoms with E-state index in [1.165, 1.54) is 115 Å². The Morgan fingerprint density at radius 3 is 1.62 bits per heavy atom. The van der Waals surface area contributed by atoms with Crippen LogP contribution >= 0.6 is 0 Å². The third kappa shape index (κ3) is 5.17. The van der Waals surface area contributed by atoms with Crippen LogP contribution in [0.2, 0.25) is 0 Å². The van der Waals surface area contributed by atoms with Crippen LogP contribution in [-0.2, 0) is 6.54 Å². The summed E-state index contributed by atoms with van der Waals surface area (Å²) in [6, 6.07) is 71.6. The van der Waals surface area contributed by atoms with Crippen molar-refractivity contribution in [3.8, 4) is 44.8 Å². The lowest BCUT2D eigenvalue weighted by Crippen LogP contribution is -1.99. The molecule has 0 fully saturated rings. The number of aromatic nitrogens is 2. The van der Waals surface area contributed by atoms with E-state index in [1.807, 2.05) is 0 Å². The van der Waals surface area contributed by atoms with Crippen LogP contribution in [0, 0.1) is 6.92 Å². The second-order valence-corrected chi connectivity index (χ2v) is 16.1. The number of para-hydroxylation sites is 2. The SMILES string of the molecule is CCn1c(-c2c3ccccc3c(-c3ccc(-c4ccc5c(ccc6cccc(-c7cccc8ccc9cccc(C)c9c78)c65)c4)cc3)c3ccccc23)nc2ccccc21. The molecule has 0 unspecified atom stereocenters. The fourth-order valence-electron chi connectivity index (χ4n) is 10.2. The molecule has 0 radical (unpaired) electrons. The molecule has 60 heavy (non-hydrogen) atoms. The topological polar surface area (TPSA) is 17.8 Å². The van der Waals surface area contributed by atoms with E-state index in [0.717, 1.165) is 17.9 Å². The zero-order chi connectivity index (χ0) is 39.9. The summed E-state index contributed by atoms with van der Waals surface area (Å²) in [7, 11) is 0. The lowest BCUT2D eigenvalue weighted by atomic mass is 9.87. The fraction of sp³-hybridized carbons (Fsp3) is 0.0517. The van der Waals surface area contributed by atoms with Gasteiger partial charge in [0, 0.05) is 12.1 Å². The predicted octanol–water partition coefficient (Wildman–Crippen LogP) is 16.0. The second kappa shape index (κ2) is 13.5. The highest BCUT2D eigenvalue weighted by Gasteiger charge is 2.21. The fourth-order valence-corrected chi connectivity index (χ4v) is 10.2. The van der Waals surface area contributed by atoms with Crippen LogP contribution in [0.4, 0.5) is 0 Å². The molecule has 12 aromatic rings. The van der Waals surface area contributed by atoms with E-state index in [9.17, 15) is 0 Å². The van der Waals surface area contributed by atoms with Crippen molar-refractivity contribution in [1.29, 1.82) is 0 Å². The van der Waals surface area contributed by atoms with Gasteiger partial charge in [-0.3, -0.25) is 0 Å². The Kier molecular flexibility index (Phi) is 7.77. The van der Waals surface area contributed by atoms with Crippen molar-refractivity contribution in [2.24, 2.45) is 0 Å². The standard InChI is InChI=1S/C58H40N2/c1-3-60-52-24-9-8-23-51(52)59-58(60)57-49-19-6-4-17-45(49)55(46-18-5-7-20-50(46)57)41-27-25-37(26-28-41)42-33-34-44-43(35-42)32-31-39-15-11-21-47(54(39)44)48-22-12-16-40-30-29-38-14-10-13-36(2)53(38)56(40)48/h4-35H,3H2,1-2H3. The van der Waals surface area contributed by atoms with E-state index < -0.39 is 0 Å². The van der Waals surface area contributed by atoms with E-state index in [0.29, 0.717) is 0 Å². The number of imidazole rings is 1. The van der Waals surface area contributed by atoms with Gasteiger partial charge in [0.15, 0.2) is 0 Å². The van der Waals surface area contributed by atoms with Crippen molar-refractivity contribution in [3.05, 3.63) is 200 Å². The molecular formula is C58H40N2. The highest BCUT2D eigenvalue weighted by Crippen LogP contribution is 2.45. The molecule has 0 aliphatic heterocycles. The Morgan fingerprint density at radius 1 is 0.400 bits per heavy atom. The molecule has 0 aliphatic rings. The van der Waals surface area contributed by atoms with Gasteiger partial charge in [0.05, 0.1) is 11.0 Å². The quantitative estimate of drug-likeness (QED) is 0.126. The van der Waals surface area contributed by atoms with Crippen molar-refractivity contribution in [1.82, 2.24) is 9.55 Å². The van der Waals surface area contributed by atoms with Crippen molar-refractivity contribution < 1.29 is 0 Å². The Labute approximate surface area is 348 Å². The predicted molar refractivity (Wildman–Crippen MR) is 257 cm³/mol. The van der Waals surface area contributed by atoms with Crippen molar-refractivity contribution in [2.45, 2.75) is 20.4 Å². The van der Waals surface area contributed by atoms with Gasteiger partial charge in [0.25, 0.3) is 0 Å². The van der Waals surface area contributed by atoms with Crippen LogP contribution in [0.3, 0.4) is 0 Å². The first-order chi connectivity index (χ1) is 29.6. The first kappa shape index (κ1) is 34.5. The molecule has 0 amide bonds. The van der Waals surface area contributed by atoms with Crippen LogP contribution in [0.15, 0.2) is 194 Å². The van der Waals surface area contributed by atoms with Gasteiger partial charge in [-0.15, -0.1) is 0 Å². The number of hydrogen-bond donors (Lipinski definition) is 0. The molecular weight excluding hydrogens is 725 g/mol. The summed E-state index contributed by atoms with van der Waals surface area (Å²) >= 11 is 0. The first-order valence-electron chi connectivity index (χ1n) is 21.0. The number of aryl methyl sites for hydroxylation is 2. The third-order valence-electron chi connectivity index (χ3n) is 12.9. The molecule has 2 heteroatoms. The van der Waals surface area contributed by atoms with Gasteiger partial charge in [0.2, 0.25) is 0 Å². The van der Waals surface area contributed by atoms with E-state index in [2.05, 4.69) is 213 Å². The van der Waals surface area contributed by atoms with Gasteiger partial charge in [-0.1, -0.05) is 176 Å². The number of rotatable bonds is 5. The minimum Gasteiger partial charge on any atom is -0.324 e. The molecule has 1 heterocycles. The molecule has 0 atom stereocenters. The van der Waals surface area contributed by atoms with E-state index in [-0.39, 0.29) is 0 Å². The number of hydrogen-bond acceptors (Lipinski definition) is 1. The average Bonchev–Trinajstić information content (AvgIpc) is 3.68. The van der Waals surface area contributed by atoms with Gasteiger partial charge in [-0.05, 0) is 136 Å². The maximum atomic E-state index is 5.25. The average molecular weight is 765 g/mol. The van der Waals surface area contributed by atoms with E-state index in [1.54, 1.807) is 0 Å². The normalized spacial score (nSPS) is 11.9. The number of nitrogens with zero attached hydrogens (tertiary/aromatic N) is 2. The second-order valence-electron chi connectivity index (χ2n) is 16.1. The molecule has 282 valence electrons. The minimum absolute atomic E-state index is 0.842. The molecule has 0 N–H and O–H groups in total. The lowest BCUT2D eigenvalue weighted by molar-refractivity contribution is 0.798. The zero-order valence-corrected chi connectivity index (χ0v) is 33.6. The third-order valence-corrected chi connectivity index (χ3v) is 12.9. The summed E-state index contributed by atoms with van der Waals surface area (Å²) < 4.78 is 2.36. The molecule has 0 saturated heterocycles. The number of benzene rings is 11. The van der Waals surface area contributed by atoms with Crippen LogP contribution in [-0.4, -0.2) is 9.55 Å². The van der Waals surface area contributed by atoms with Gasteiger partial charge >= 0.3 is 0 Å². The maximum absolute atomic E-state index is 5.25. The Bertz CT molecular complexity index is 3640. The molecule has 0 saturated carbocycles. The van der Waals surface area contributed by atoms with Crippen molar-refractivity contribution in [2.75, 3.05) is 0 Å². The van der Waals surface area contributed by atoms with Gasteiger partial charge < -0.3 is 4.57 Å². The Morgan fingerprint density at radius 2 is 0.933 bits per heavy atom. The number of fused-ring (bicyclic) bond motifs is 9. The van der Waals surface area contributed by atoms with Crippen LogP contribution in [0.25, 0.3) is 120 Å². The van der Waals surface area contributed by atoms with Crippen molar-refractivity contribution in [3.63, 3.8) is 0 Å². The maximum Gasteiger partial charge on any atom is 0.142 e. The van der Waals surface area contributed by atoms with Gasteiger partial charge in [-0.25, -0.2) is 4.98 Å². The summed E-state index contributed by atoms with van der Waals surface area (Å²) in [5.41, 5.74) is 12.1. The minimum atomic E-state index is 0.842. The summed E-state index contributed by atoms with van der Waals surface area (Å²) in [6.07, 6.45) is 0. The molecule has 0 bridgehead atoms. The Balaban J connectivity index is 0.990. The highest BCUT2D eigenvalue weighted by atomic mass is 15.1. The van der Waals surface area contributed by atoms with Crippen molar-refractivity contribution >= 4 is 75.7 Å². The highest BCUT2D eigenvalue weighted by molar-refractivity contribution is 6.23. The molecule has 1 aromatic heterocycles. The first-order valence-corrected chi connectivity index (χ1v) is 21.0.